The number of fused-ring (bicyclic) bond motifs is 2. The fraction of sp³-hybridized carbons (Fsp3) is 0.185. The molecule has 10 heteroatoms. The molecule has 0 aliphatic rings. The van der Waals surface area contributed by atoms with Gasteiger partial charge in [-0.2, -0.15) is 0 Å². The van der Waals surface area contributed by atoms with Crippen LogP contribution < -0.4 is 20.0 Å². The quantitative estimate of drug-likeness (QED) is 0.253. The van der Waals surface area contributed by atoms with Crippen molar-refractivity contribution in [1.29, 1.82) is 0 Å². The van der Waals surface area contributed by atoms with Crippen molar-refractivity contribution >= 4 is 53.9 Å². The number of anilines is 2. The van der Waals surface area contributed by atoms with Crippen molar-refractivity contribution in [2.24, 2.45) is 0 Å². The summed E-state index contributed by atoms with van der Waals surface area (Å²) in [7, 11) is -2.28. The fourth-order valence-electron chi connectivity index (χ4n) is 4.09. The predicted octanol–water partition coefficient (Wildman–Crippen LogP) is 5.73. The molecule has 0 aliphatic carbocycles. The van der Waals surface area contributed by atoms with E-state index in [0.717, 1.165) is 24.2 Å². The minimum absolute atomic E-state index is 0.0977. The van der Waals surface area contributed by atoms with Gasteiger partial charge in [-0.3, -0.25) is 4.72 Å². The summed E-state index contributed by atoms with van der Waals surface area (Å²) in [5, 5.41) is 1.26. The molecule has 8 nitrogen and oxygen atoms in total. The van der Waals surface area contributed by atoms with Crippen LogP contribution in [0.1, 0.15) is 13.8 Å². The highest BCUT2D eigenvalue weighted by Crippen LogP contribution is 2.32. The molecule has 5 aromatic rings. The van der Waals surface area contributed by atoms with Crippen LogP contribution in [-0.4, -0.2) is 33.6 Å². The summed E-state index contributed by atoms with van der Waals surface area (Å²) < 4.78 is 39.9. The van der Waals surface area contributed by atoms with Gasteiger partial charge in [0.25, 0.3) is 10.0 Å². The van der Waals surface area contributed by atoms with Crippen LogP contribution in [0.5, 0.6) is 5.75 Å². The standard InChI is InChI=1S/C27H25N3O5S2/c1-4-30(5-2)19-9-6-17-14-22(27(31)35-24(17)15-19)26-28-23-13-12-21(16-25(23)36-26)37(32,33)29-18-7-10-20(34-3)11-8-18/h6-16,29H,4-5H2,1-3H3. The Morgan fingerprint density at radius 3 is 2.46 bits per heavy atom. The highest BCUT2D eigenvalue weighted by atomic mass is 32.2. The molecule has 0 atom stereocenters. The Labute approximate surface area is 218 Å². The van der Waals surface area contributed by atoms with Crippen LogP contribution in [0.4, 0.5) is 11.4 Å². The lowest BCUT2D eigenvalue weighted by Gasteiger charge is -2.20. The average Bonchev–Trinajstić information content (AvgIpc) is 3.32. The predicted molar refractivity (Wildman–Crippen MR) is 148 cm³/mol. The van der Waals surface area contributed by atoms with E-state index in [2.05, 4.69) is 28.5 Å². The fourth-order valence-corrected chi connectivity index (χ4v) is 6.26. The van der Waals surface area contributed by atoms with Gasteiger partial charge in [0.15, 0.2) is 0 Å². The Kier molecular flexibility index (Phi) is 6.61. The summed E-state index contributed by atoms with van der Waals surface area (Å²) in [5.41, 5.74) is 2.37. The number of methoxy groups -OCH3 is 1. The van der Waals surface area contributed by atoms with E-state index < -0.39 is 15.6 Å². The molecule has 0 unspecified atom stereocenters. The van der Waals surface area contributed by atoms with Gasteiger partial charge in [-0.1, -0.05) is 0 Å². The van der Waals surface area contributed by atoms with Gasteiger partial charge in [-0.25, -0.2) is 18.2 Å². The molecule has 1 N–H and O–H groups in total. The first-order valence-corrected chi connectivity index (χ1v) is 14.0. The first kappa shape index (κ1) is 24.8. The molecule has 0 bridgehead atoms. The summed E-state index contributed by atoms with van der Waals surface area (Å²) in [6, 6.07) is 18.9. The number of aromatic nitrogens is 1. The van der Waals surface area contributed by atoms with Crippen molar-refractivity contribution in [2.75, 3.05) is 29.8 Å². The minimum Gasteiger partial charge on any atom is -0.497 e. The molecule has 0 amide bonds. The third kappa shape index (κ3) is 4.90. The second-order valence-electron chi connectivity index (χ2n) is 8.32. The Morgan fingerprint density at radius 1 is 1.00 bits per heavy atom. The number of hydrogen-bond donors (Lipinski definition) is 1. The molecule has 0 radical (unpaired) electrons. The Morgan fingerprint density at radius 2 is 1.76 bits per heavy atom. The zero-order valence-electron chi connectivity index (χ0n) is 20.5. The van der Waals surface area contributed by atoms with Gasteiger partial charge in [-0.15, -0.1) is 11.3 Å². The molecule has 190 valence electrons. The van der Waals surface area contributed by atoms with Gasteiger partial charge in [0.1, 0.15) is 16.3 Å². The number of thiazole rings is 1. The van der Waals surface area contributed by atoms with Crippen molar-refractivity contribution in [3.8, 4) is 16.3 Å². The van der Waals surface area contributed by atoms with Gasteiger partial charge >= 0.3 is 5.63 Å². The highest BCUT2D eigenvalue weighted by molar-refractivity contribution is 7.92. The first-order valence-electron chi connectivity index (χ1n) is 11.7. The molecule has 2 aromatic heterocycles. The monoisotopic (exact) mass is 535 g/mol. The van der Waals surface area contributed by atoms with Gasteiger partial charge in [0, 0.05) is 35.9 Å². The van der Waals surface area contributed by atoms with Crippen LogP contribution in [0.15, 0.2) is 80.8 Å². The Bertz CT molecular complexity index is 1760. The van der Waals surface area contributed by atoms with E-state index in [1.165, 1.54) is 17.4 Å². The van der Waals surface area contributed by atoms with E-state index in [0.29, 0.717) is 37.8 Å². The molecule has 37 heavy (non-hydrogen) atoms. The molecule has 0 fully saturated rings. The van der Waals surface area contributed by atoms with Gasteiger partial charge in [-0.05, 0) is 74.5 Å². The van der Waals surface area contributed by atoms with Gasteiger partial charge < -0.3 is 14.1 Å². The zero-order chi connectivity index (χ0) is 26.2. The molecular weight excluding hydrogens is 510 g/mol. The average molecular weight is 536 g/mol. The maximum absolute atomic E-state index is 13.0. The van der Waals surface area contributed by atoms with Crippen LogP contribution in [-0.2, 0) is 10.0 Å². The topological polar surface area (TPSA) is 102 Å². The maximum Gasteiger partial charge on any atom is 0.346 e. The van der Waals surface area contributed by atoms with E-state index in [1.807, 2.05) is 18.2 Å². The molecule has 0 saturated heterocycles. The number of nitrogens with zero attached hydrogens (tertiary/aromatic N) is 2. The molecule has 5 rings (SSSR count). The van der Waals surface area contributed by atoms with Crippen LogP contribution in [0, 0.1) is 0 Å². The number of nitrogens with one attached hydrogen (secondary N) is 1. The maximum atomic E-state index is 13.0. The summed E-state index contributed by atoms with van der Waals surface area (Å²) in [6.07, 6.45) is 0. The first-order chi connectivity index (χ1) is 17.8. The largest absolute Gasteiger partial charge is 0.497 e. The van der Waals surface area contributed by atoms with Crippen molar-refractivity contribution < 1.29 is 17.6 Å². The summed E-state index contributed by atoms with van der Waals surface area (Å²) in [5.74, 6) is 0.629. The number of sulfonamides is 1. The van der Waals surface area contributed by atoms with Crippen LogP contribution in [0.2, 0.25) is 0 Å². The zero-order valence-corrected chi connectivity index (χ0v) is 22.2. The van der Waals surface area contributed by atoms with Gasteiger partial charge in [0.2, 0.25) is 0 Å². The number of rotatable bonds is 8. The second-order valence-corrected chi connectivity index (χ2v) is 11.0. The van der Waals surface area contributed by atoms with Crippen molar-refractivity contribution in [1.82, 2.24) is 4.98 Å². The smallest absolute Gasteiger partial charge is 0.346 e. The molecule has 2 heterocycles. The molecule has 3 aromatic carbocycles. The van der Waals surface area contributed by atoms with Crippen LogP contribution in [0.25, 0.3) is 31.8 Å². The summed E-state index contributed by atoms with van der Waals surface area (Å²) >= 11 is 1.24. The lowest BCUT2D eigenvalue weighted by atomic mass is 10.1. The lowest BCUT2D eigenvalue weighted by molar-refractivity contribution is 0.415. The summed E-state index contributed by atoms with van der Waals surface area (Å²) in [6.45, 7) is 5.85. The molecular formula is C27H25N3O5S2. The van der Waals surface area contributed by atoms with Crippen LogP contribution in [0.3, 0.4) is 0 Å². The molecule has 0 aliphatic heterocycles. The van der Waals surface area contributed by atoms with E-state index in [1.54, 1.807) is 49.6 Å². The highest BCUT2D eigenvalue weighted by Gasteiger charge is 2.18. The third-order valence-corrected chi connectivity index (χ3v) is 8.52. The van der Waals surface area contributed by atoms with E-state index >= 15 is 0 Å². The molecule has 0 spiro atoms. The number of hydrogen-bond acceptors (Lipinski definition) is 8. The van der Waals surface area contributed by atoms with E-state index in [9.17, 15) is 13.2 Å². The Hall–Kier alpha value is -3.89. The van der Waals surface area contributed by atoms with Crippen molar-refractivity contribution in [3.05, 3.63) is 77.2 Å². The minimum atomic E-state index is -3.83. The number of benzene rings is 3. The number of ether oxygens (including phenoxy) is 1. The second kappa shape index (κ2) is 9.87. The SMILES string of the molecule is CCN(CC)c1ccc2cc(-c3nc4ccc(S(=O)(=O)Nc5ccc(OC)cc5)cc4s3)c(=O)oc2c1. The van der Waals surface area contributed by atoms with Crippen LogP contribution >= 0.6 is 11.3 Å². The Balaban J connectivity index is 1.48. The van der Waals surface area contributed by atoms with E-state index in [4.69, 9.17) is 9.15 Å². The summed E-state index contributed by atoms with van der Waals surface area (Å²) in [4.78, 5) is 19.7. The third-order valence-electron chi connectivity index (χ3n) is 6.09. The molecule has 0 saturated carbocycles. The van der Waals surface area contributed by atoms with Crippen molar-refractivity contribution in [2.45, 2.75) is 18.7 Å². The van der Waals surface area contributed by atoms with E-state index in [-0.39, 0.29) is 4.90 Å². The van der Waals surface area contributed by atoms with Gasteiger partial charge in [0.05, 0.1) is 27.8 Å². The lowest BCUT2D eigenvalue weighted by Crippen LogP contribution is -2.21. The normalized spacial score (nSPS) is 11.6. The van der Waals surface area contributed by atoms with Crippen molar-refractivity contribution in [3.63, 3.8) is 0 Å².